The van der Waals surface area contributed by atoms with E-state index in [2.05, 4.69) is 17.4 Å². The van der Waals surface area contributed by atoms with Crippen molar-refractivity contribution in [3.8, 4) is 0 Å². The van der Waals surface area contributed by atoms with E-state index in [0.717, 1.165) is 13.8 Å². The van der Waals surface area contributed by atoms with Gasteiger partial charge in [0.1, 0.15) is 0 Å². The molecule has 2 radical (unpaired) electrons. The zero-order chi connectivity index (χ0) is 16.8. The lowest BCUT2D eigenvalue weighted by Crippen LogP contribution is -2.60. The molecule has 1 nitrogen and oxygen atoms in total. The molecule has 0 fully saturated rings. The van der Waals surface area contributed by atoms with Crippen LogP contribution in [-0.4, -0.2) is 31.0 Å². The molecule has 0 aromatic heterocycles. The Morgan fingerprint density at radius 3 is 1.50 bits per heavy atom. The first-order valence-electron chi connectivity index (χ1n) is 5.44. The van der Waals surface area contributed by atoms with E-state index in [1.54, 1.807) is 0 Å². The molecule has 0 N–H and O–H groups in total. The topological polar surface area (TPSA) is 9.23 Å². The van der Waals surface area contributed by atoms with Gasteiger partial charge in [0, 0.05) is 5.92 Å². The van der Waals surface area contributed by atoms with Gasteiger partial charge in [-0.1, -0.05) is 40.3 Å². The number of alkyl halides is 7. The van der Waals surface area contributed by atoms with Gasteiger partial charge in [-0.05, 0) is 5.31 Å². The van der Waals surface area contributed by atoms with E-state index in [1.165, 1.54) is 0 Å². The largest absolute Gasteiger partial charge is 0.432 e. The molecule has 0 aromatic carbocycles. The average molecular weight is 326 g/mol. The van der Waals surface area contributed by atoms with Crippen LogP contribution in [0.1, 0.15) is 27.7 Å². The van der Waals surface area contributed by atoms with Crippen LogP contribution < -0.4 is 0 Å². The third kappa shape index (κ3) is 3.37. The average Bonchev–Trinajstić information content (AvgIpc) is 2.12. The summed E-state index contributed by atoms with van der Waals surface area (Å²) >= 11 is 2.23. The lowest BCUT2D eigenvalue weighted by Gasteiger charge is -2.45. The molecule has 0 rings (SSSR count). The summed E-state index contributed by atoms with van der Waals surface area (Å²) in [5.41, 5.74) is 0. The zero-order valence-electron chi connectivity index (χ0n) is 11.2. The molecule has 0 saturated carbocycles. The number of hydrogen-bond acceptors (Lipinski definition) is 2. The van der Waals surface area contributed by atoms with Gasteiger partial charge in [0.05, 0.1) is 7.85 Å². The summed E-state index contributed by atoms with van der Waals surface area (Å²) in [6, 6.07) is 0. The fraction of sp³-hybridized carbons (Fsp3) is 1.00. The molecule has 10 heteroatoms. The van der Waals surface area contributed by atoms with E-state index in [9.17, 15) is 30.7 Å². The van der Waals surface area contributed by atoms with Gasteiger partial charge in [0.25, 0.3) is 5.85 Å². The molecular formula is C10H14BF7OS. The summed E-state index contributed by atoms with van der Waals surface area (Å²) in [4.78, 5) is 0. The molecule has 0 spiro atoms. The smallest absolute Gasteiger partial charge is 0.271 e. The lowest BCUT2D eigenvalue weighted by atomic mass is 9.64. The van der Waals surface area contributed by atoms with Crippen LogP contribution in [0, 0.1) is 5.92 Å². The Labute approximate surface area is 119 Å². The van der Waals surface area contributed by atoms with Crippen molar-refractivity contribution in [3.63, 3.8) is 0 Å². The van der Waals surface area contributed by atoms with E-state index >= 15 is 0 Å². The molecule has 0 saturated heterocycles. The first kappa shape index (κ1) is 19.9. The third-order valence-electron chi connectivity index (χ3n) is 2.61. The van der Waals surface area contributed by atoms with Crippen molar-refractivity contribution in [2.45, 2.75) is 56.1 Å². The molecule has 0 aliphatic heterocycles. The molecule has 0 aromatic rings. The Morgan fingerprint density at radius 2 is 1.30 bits per heavy atom. The van der Waals surface area contributed by atoms with Crippen LogP contribution in [0.2, 0.25) is 5.31 Å². The van der Waals surface area contributed by atoms with Gasteiger partial charge >= 0.3 is 17.3 Å². The summed E-state index contributed by atoms with van der Waals surface area (Å²) in [5, 5.41) is -7.78. The van der Waals surface area contributed by atoms with Crippen molar-refractivity contribution in [2.75, 3.05) is 0 Å². The fourth-order valence-electron chi connectivity index (χ4n) is 1.23. The Hall–Kier alpha value is -0.115. The normalized spacial score (nSPS) is 18.2. The first-order valence-corrected chi connectivity index (χ1v) is 5.88. The first-order chi connectivity index (χ1) is 8.40. The van der Waals surface area contributed by atoms with Gasteiger partial charge in [-0.25, -0.2) is 13.2 Å². The third-order valence-corrected chi connectivity index (χ3v) is 2.87. The molecule has 0 aliphatic rings. The summed E-state index contributed by atoms with van der Waals surface area (Å²) in [5.74, 6) is -11.0. The minimum Gasteiger partial charge on any atom is -0.271 e. The minimum atomic E-state index is -5.55. The van der Waals surface area contributed by atoms with E-state index in [4.69, 9.17) is 7.85 Å². The maximum absolute atomic E-state index is 14.3. The molecular weight excluding hydrogens is 312 g/mol. The number of halogens is 7. The molecule has 118 valence electrons. The Balaban J connectivity index is 5.80. The van der Waals surface area contributed by atoms with Crippen LogP contribution in [0.3, 0.4) is 0 Å². The summed E-state index contributed by atoms with van der Waals surface area (Å²) in [7, 11) is 5.04. The van der Waals surface area contributed by atoms with Crippen molar-refractivity contribution in [2.24, 2.45) is 5.92 Å². The van der Waals surface area contributed by atoms with Gasteiger partial charge in [-0.2, -0.15) is 17.6 Å². The van der Waals surface area contributed by atoms with Crippen LogP contribution in [0.25, 0.3) is 0 Å². The van der Waals surface area contributed by atoms with Crippen molar-refractivity contribution < 1.29 is 35.5 Å². The zero-order valence-corrected chi connectivity index (χ0v) is 12.1. The van der Waals surface area contributed by atoms with Gasteiger partial charge in [-0.3, -0.25) is 4.74 Å². The number of ether oxygens (including phenoxy) is 1. The molecule has 0 heterocycles. The monoisotopic (exact) mass is 326 g/mol. The van der Waals surface area contributed by atoms with Crippen LogP contribution in [-0.2, 0) is 4.74 Å². The molecule has 20 heavy (non-hydrogen) atoms. The van der Waals surface area contributed by atoms with Gasteiger partial charge in [0.15, 0.2) is 0 Å². The van der Waals surface area contributed by atoms with Gasteiger partial charge in [-0.15, -0.1) is 0 Å². The summed E-state index contributed by atoms with van der Waals surface area (Å²) < 4.78 is 96.5. The Kier molecular flexibility index (Phi) is 5.23. The second-order valence-electron chi connectivity index (χ2n) is 5.26. The molecule has 0 aliphatic carbocycles. The second-order valence-corrected chi connectivity index (χ2v) is 5.82. The Morgan fingerprint density at radius 1 is 0.950 bits per heavy atom. The lowest BCUT2D eigenvalue weighted by molar-refractivity contribution is -0.430. The Bertz CT molecular complexity index is 350. The quantitative estimate of drug-likeness (QED) is 0.431. The highest BCUT2D eigenvalue weighted by Gasteiger charge is 2.70. The van der Waals surface area contributed by atoms with Gasteiger partial charge in [0.2, 0.25) is 0 Å². The fourth-order valence-corrected chi connectivity index (χ4v) is 1.28. The van der Waals surface area contributed by atoms with Gasteiger partial charge < -0.3 is 0 Å². The van der Waals surface area contributed by atoms with Crippen LogP contribution in [0.4, 0.5) is 30.7 Å². The number of thiol groups is 1. The van der Waals surface area contributed by atoms with Crippen LogP contribution in [0.5, 0.6) is 0 Å². The number of rotatable bonds is 6. The van der Waals surface area contributed by atoms with E-state index in [1.807, 2.05) is 0 Å². The number of hydrogen-bond donors (Lipinski definition) is 1. The second kappa shape index (κ2) is 5.26. The predicted octanol–water partition coefficient (Wildman–Crippen LogP) is 4.44. The van der Waals surface area contributed by atoms with Crippen molar-refractivity contribution in [1.29, 1.82) is 0 Å². The molecule has 1 unspecified atom stereocenters. The summed E-state index contributed by atoms with van der Waals surface area (Å²) in [6.07, 6.45) is -5.55. The van der Waals surface area contributed by atoms with Crippen molar-refractivity contribution in [1.82, 2.24) is 0 Å². The molecule has 0 amide bonds. The van der Waals surface area contributed by atoms with Crippen molar-refractivity contribution >= 4 is 20.5 Å². The van der Waals surface area contributed by atoms with E-state index < -0.39 is 34.4 Å². The SMILES string of the molecule is [B]C(C)(C)C(F)(F)C(F)(OC(F)(F)C(F)(F)S)C(C)C. The highest BCUT2D eigenvalue weighted by atomic mass is 32.1. The standard InChI is InChI=1S/C10H14BF7OS/c1-5(2)7(12,8(13,14)6(3,4)11)19-9(15,16)10(17,18)20/h5,20H,1-4H3. The van der Waals surface area contributed by atoms with E-state index in [-0.39, 0.29) is 0 Å². The van der Waals surface area contributed by atoms with Crippen LogP contribution in [0.15, 0.2) is 0 Å². The molecule has 0 bridgehead atoms. The molecule has 1 atom stereocenters. The maximum atomic E-state index is 14.3. The van der Waals surface area contributed by atoms with Crippen molar-refractivity contribution in [3.05, 3.63) is 0 Å². The summed E-state index contributed by atoms with van der Waals surface area (Å²) in [6.45, 7) is 2.85. The van der Waals surface area contributed by atoms with Crippen LogP contribution >= 0.6 is 12.6 Å². The highest BCUT2D eigenvalue weighted by molar-refractivity contribution is 7.81. The van der Waals surface area contributed by atoms with E-state index in [0.29, 0.717) is 13.8 Å². The highest BCUT2D eigenvalue weighted by Crippen LogP contribution is 2.55. The maximum Gasteiger partial charge on any atom is 0.432 e. The predicted molar refractivity (Wildman–Crippen MR) is 63.4 cm³/mol. The minimum absolute atomic E-state index is 0.657.